The van der Waals surface area contributed by atoms with Crippen LogP contribution in [0.5, 0.6) is 23.1 Å². The summed E-state index contributed by atoms with van der Waals surface area (Å²) in [6, 6.07) is 13.2. The van der Waals surface area contributed by atoms with Crippen LogP contribution in [0.25, 0.3) is 16.7 Å². The average Bonchev–Trinajstić information content (AvgIpc) is 2.94. The first kappa shape index (κ1) is 25.3. The molecule has 2 aromatic carbocycles. The largest absolute Gasteiger partial charge is 0.491 e. The van der Waals surface area contributed by atoms with Crippen LogP contribution in [0.4, 0.5) is 14.5 Å². The van der Waals surface area contributed by atoms with E-state index in [1.807, 2.05) is 0 Å². The number of nitrogens with one attached hydrogen (secondary N) is 1. The Balaban J connectivity index is 1.38. The number of carbonyl (C=O) groups is 1. The highest BCUT2D eigenvalue weighted by Gasteiger charge is 2.17. The molecule has 196 valence electrons. The topological polar surface area (TPSA) is 117 Å². The lowest BCUT2D eigenvalue weighted by molar-refractivity contribution is 0.102. The van der Waals surface area contributed by atoms with E-state index < -0.39 is 23.1 Å². The summed E-state index contributed by atoms with van der Waals surface area (Å²) in [7, 11) is 2.90. The SMILES string of the molecule is COc1cc2nccc(Oc3ccc(NC(=O)c4ccnn(-c5ccc(F)cc5)c4=O)cc3F)c2nc1OC. The first-order chi connectivity index (χ1) is 18.9. The molecule has 0 aliphatic carbocycles. The zero-order valence-corrected chi connectivity index (χ0v) is 20.5. The minimum absolute atomic E-state index is 0.0820. The van der Waals surface area contributed by atoms with Crippen LogP contribution in [0, 0.1) is 11.6 Å². The number of hydrogen-bond acceptors (Lipinski definition) is 8. The zero-order valence-electron chi connectivity index (χ0n) is 20.5. The van der Waals surface area contributed by atoms with Crippen molar-refractivity contribution in [1.82, 2.24) is 19.7 Å². The van der Waals surface area contributed by atoms with Crippen LogP contribution in [0.1, 0.15) is 10.4 Å². The molecule has 3 aromatic heterocycles. The van der Waals surface area contributed by atoms with E-state index >= 15 is 0 Å². The van der Waals surface area contributed by atoms with Crippen molar-refractivity contribution in [2.75, 3.05) is 19.5 Å². The summed E-state index contributed by atoms with van der Waals surface area (Å²) >= 11 is 0. The quantitative estimate of drug-likeness (QED) is 0.326. The van der Waals surface area contributed by atoms with E-state index in [0.717, 1.165) is 10.7 Å². The van der Waals surface area contributed by atoms with Gasteiger partial charge in [0.2, 0.25) is 0 Å². The first-order valence-corrected chi connectivity index (χ1v) is 11.4. The number of carbonyl (C=O) groups excluding carboxylic acids is 1. The number of halogens is 2. The summed E-state index contributed by atoms with van der Waals surface area (Å²) in [6.45, 7) is 0. The lowest BCUT2D eigenvalue weighted by atomic mass is 10.2. The molecule has 0 saturated heterocycles. The first-order valence-electron chi connectivity index (χ1n) is 11.4. The van der Waals surface area contributed by atoms with Gasteiger partial charge >= 0.3 is 0 Å². The van der Waals surface area contributed by atoms with Gasteiger partial charge in [-0.25, -0.2) is 13.8 Å². The Bertz CT molecular complexity index is 1760. The smallest absolute Gasteiger partial charge is 0.284 e. The molecule has 5 aromatic rings. The number of anilines is 1. The molecular weight excluding hydrogens is 512 g/mol. The second-order valence-electron chi connectivity index (χ2n) is 8.02. The molecule has 0 radical (unpaired) electrons. The lowest BCUT2D eigenvalue weighted by Crippen LogP contribution is -2.29. The summed E-state index contributed by atoms with van der Waals surface area (Å²) in [5.74, 6) is -1.39. The van der Waals surface area contributed by atoms with Gasteiger partial charge in [0.05, 0.1) is 25.4 Å². The second-order valence-corrected chi connectivity index (χ2v) is 8.02. The summed E-state index contributed by atoms with van der Waals surface area (Å²) in [6.07, 6.45) is 2.74. The van der Waals surface area contributed by atoms with E-state index in [9.17, 15) is 18.4 Å². The van der Waals surface area contributed by atoms with Gasteiger partial charge in [-0.15, -0.1) is 0 Å². The normalized spacial score (nSPS) is 10.8. The molecule has 10 nitrogen and oxygen atoms in total. The highest BCUT2D eigenvalue weighted by atomic mass is 19.1. The fourth-order valence-electron chi connectivity index (χ4n) is 3.72. The van der Waals surface area contributed by atoms with Gasteiger partial charge in [-0.3, -0.25) is 14.6 Å². The molecule has 0 fully saturated rings. The van der Waals surface area contributed by atoms with E-state index in [1.54, 1.807) is 6.07 Å². The minimum Gasteiger partial charge on any atom is -0.491 e. The highest BCUT2D eigenvalue weighted by molar-refractivity contribution is 6.04. The number of aromatic nitrogens is 4. The van der Waals surface area contributed by atoms with Crippen LogP contribution in [0.15, 0.2) is 77.9 Å². The Morgan fingerprint density at radius 3 is 2.41 bits per heavy atom. The number of hydrogen-bond donors (Lipinski definition) is 1. The highest BCUT2D eigenvalue weighted by Crippen LogP contribution is 2.35. The van der Waals surface area contributed by atoms with Gasteiger partial charge in [0.15, 0.2) is 23.1 Å². The van der Waals surface area contributed by atoms with Gasteiger partial charge in [0.25, 0.3) is 17.3 Å². The van der Waals surface area contributed by atoms with Crippen molar-refractivity contribution in [3.05, 3.63) is 101 Å². The van der Waals surface area contributed by atoms with E-state index in [0.29, 0.717) is 16.8 Å². The molecule has 39 heavy (non-hydrogen) atoms. The van der Waals surface area contributed by atoms with Crippen molar-refractivity contribution < 1.29 is 27.8 Å². The number of amides is 1. The monoisotopic (exact) mass is 531 g/mol. The van der Waals surface area contributed by atoms with Crippen LogP contribution in [0.2, 0.25) is 0 Å². The minimum atomic E-state index is -0.781. The molecule has 0 aliphatic rings. The van der Waals surface area contributed by atoms with E-state index in [-0.39, 0.29) is 34.3 Å². The molecule has 0 aliphatic heterocycles. The summed E-state index contributed by atoms with van der Waals surface area (Å²) in [5, 5.41) is 6.42. The van der Waals surface area contributed by atoms with Crippen LogP contribution >= 0.6 is 0 Å². The molecule has 0 bridgehead atoms. The zero-order chi connectivity index (χ0) is 27.5. The van der Waals surface area contributed by atoms with Crippen LogP contribution in [-0.4, -0.2) is 39.9 Å². The fourth-order valence-corrected chi connectivity index (χ4v) is 3.72. The van der Waals surface area contributed by atoms with Crippen LogP contribution in [-0.2, 0) is 0 Å². The van der Waals surface area contributed by atoms with Gasteiger partial charge in [-0.2, -0.15) is 9.78 Å². The molecule has 1 amide bonds. The maximum Gasteiger partial charge on any atom is 0.284 e. The molecule has 0 saturated carbocycles. The third-order valence-electron chi connectivity index (χ3n) is 5.59. The molecule has 3 heterocycles. The van der Waals surface area contributed by atoms with Crippen molar-refractivity contribution in [3.8, 4) is 28.8 Å². The van der Waals surface area contributed by atoms with Crippen molar-refractivity contribution in [2.45, 2.75) is 0 Å². The fraction of sp³-hybridized carbons (Fsp3) is 0.0741. The maximum absolute atomic E-state index is 15.0. The van der Waals surface area contributed by atoms with Crippen molar-refractivity contribution in [1.29, 1.82) is 0 Å². The third kappa shape index (κ3) is 5.07. The van der Waals surface area contributed by atoms with E-state index in [1.165, 1.54) is 75.1 Å². The van der Waals surface area contributed by atoms with Crippen LogP contribution < -0.4 is 25.1 Å². The van der Waals surface area contributed by atoms with Gasteiger partial charge in [-0.1, -0.05) is 0 Å². The number of pyridine rings is 2. The Morgan fingerprint density at radius 1 is 0.897 bits per heavy atom. The Morgan fingerprint density at radius 2 is 1.69 bits per heavy atom. The van der Waals surface area contributed by atoms with E-state index in [2.05, 4.69) is 20.4 Å². The Labute approximate surface area is 219 Å². The predicted molar refractivity (Wildman–Crippen MR) is 137 cm³/mol. The maximum atomic E-state index is 15.0. The molecule has 0 unspecified atom stereocenters. The summed E-state index contributed by atoms with van der Waals surface area (Å²) in [5.41, 5.74) is 0.149. The second kappa shape index (κ2) is 10.5. The average molecular weight is 531 g/mol. The van der Waals surface area contributed by atoms with Crippen molar-refractivity contribution in [2.24, 2.45) is 0 Å². The lowest BCUT2D eigenvalue weighted by Gasteiger charge is -2.12. The molecule has 1 N–H and O–H groups in total. The predicted octanol–water partition coefficient (Wildman–Crippen LogP) is 4.52. The number of nitrogens with zero attached hydrogens (tertiary/aromatic N) is 4. The molecule has 12 heteroatoms. The molecule has 5 rings (SSSR count). The number of ether oxygens (including phenoxy) is 3. The van der Waals surface area contributed by atoms with Gasteiger partial charge < -0.3 is 19.5 Å². The van der Waals surface area contributed by atoms with Gasteiger partial charge in [-0.05, 0) is 42.5 Å². The number of methoxy groups -OCH3 is 2. The van der Waals surface area contributed by atoms with Crippen molar-refractivity contribution in [3.63, 3.8) is 0 Å². The van der Waals surface area contributed by atoms with Gasteiger partial charge in [0, 0.05) is 36.3 Å². The van der Waals surface area contributed by atoms with Crippen molar-refractivity contribution >= 4 is 22.6 Å². The Hall–Kier alpha value is -5.39. The summed E-state index contributed by atoms with van der Waals surface area (Å²) in [4.78, 5) is 34.2. The van der Waals surface area contributed by atoms with Crippen LogP contribution in [0.3, 0.4) is 0 Å². The van der Waals surface area contributed by atoms with E-state index in [4.69, 9.17) is 14.2 Å². The Kier molecular flexibility index (Phi) is 6.83. The standard InChI is InChI=1S/C27H19F2N5O5/c1-37-23-14-20-24(33-26(23)38-2)22(10-11-30-20)39-21-8-5-16(13-19(21)29)32-25(35)18-9-12-31-34(27(18)36)17-6-3-15(28)4-7-17/h3-14H,1-2H3,(H,32,35). The number of fused-ring (bicyclic) bond motifs is 1. The molecule has 0 spiro atoms. The number of rotatable bonds is 7. The molecular formula is C27H19F2N5O5. The van der Waals surface area contributed by atoms with Gasteiger partial charge in [0.1, 0.15) is 16.9 Å². The number of benzene rings is 2. The summed E-state index contributed by atoms with van der Waals surface area (Å²) < 4.78 is 45.4. The third-order valence-corrected chi connectivity index (χ3v) is 5.59. The molecule has 0 atom stereocenters.